The minimum Gasteiger partial charge on any atom is -0.358 e. The highest BCUT2D eigenvalue weighted by Gasteiger charge is 2.11. The number of aromatic amines is 1. The standard InChI is InChI=1S/C13H13N/c1-9-5-4-7-11-10-6-2-3-8-12(10)14-13(9)11/h2,4-7,14H,3,8H2,1H3. The third-order valence-electron chi connectivity index (χ3n) is 3.01. The molecule has 0 saturated carbocycles. The van der Waals surface area contributed by atoms with Crippen LogP contribution in [0.3, 0.4) is 0 Å². The average Bonchev–Trinajstić information content (AvgIpc) is 2.59. The summed E-state index contributed by atoms with van der Waals surface area (Å²) in [4.78, 5) is 3.53. The molecule has 0 amide bonds. The van der Waals surface area contributed by atoms with E-state index in [1.165, 1.54) is 34.1 Å². The number of benzene rings is 1. The molecule has 2 aromatic rings. The Morgan fingerprint density at radius 3 is 3.14 bits per heavy atom. The van der Waals surface area contributed by atoms with Crippen molar-refractivity contribution in [3.63, 3.8) is 0 Å². The second kappa shape index (κ2) is 2.74. The van der Waals surface area contributed by atoms with Crippen LogP contribution in [0.4, 0.5) is 0 Å². The first-order valence-electron chi connectivity index (χ1n) is 5.13. The minimum absolute atomic E-state index is 1.15. The van der Waals surface area contributed by atoms with E-state index in [0.29, 0.717) is 0 Å². The van der Waals surface area contributed by atoms with Gasteiger partial charge in [0.05, 0.1) is 0 Å². The van der Waals surface area contributed by atoms with Crippen LogP contribution in [0.5, 0.6) is 0 Å². The lowest BCUT2D eigenvalue weighted by atomic mass is 10.0. The molecule has 0 radical (unpaired) electrons. The Bertz CT molecular complexity index is 517. The van der Waals surface area contributed by atoms with Crippen molar-refractivity contribution in [1.82, 2.24) is 4.98 Å². The zero-order valence-corrected chi connectivity index (χ0v) is 8.30. The number of aromatic nitrogens is 1. The summed E-state index contributed by atoms with van der Waals surface area (Å²) < 4.78 is 0. The fourth-order valence-corrected chi connectivity index (χ4v) is 2.26. The van der Waals surface area contributed by atoms with E-state index < -0.39 is 0 Å². The summed E-state index contributed by atoms with van der Waals surface area (Å²) in [6.07, 6.45) is 6.83. The quantitative estimate of drug-likeness (QED) is 0.644. The average molecular weight is 183 g/mol. The molecule has 14 heavy (non-hydrogen) atoms. The van der Waals surface area contributed by atoms with Gasteiger partial charge in [-0.25, -0.2) is 0 Å². The van der Waals surface area contributed by atoms with Crippen LogP contribution in [0.2, 0.25) is 0 Å². The van der Waals surface area contributed by atoms with Gasteiger partial charge < -0.3 is 4.98 Å². The van der Waals surface area contributed by atoms with Crippen molar-refractivity contribution in [2.24, 2.45) is 0 Å². The molecule has 1 aliphatic rings. The second-order valence-electron chi connectivity index (χ2n) is 3.96. The molecule has 1 nitrogen and oxygen atoms in total. The second-order valence-corrected chi connectivity index (χ2v) is 3.96. The topological polar surface area (TPSA) is 15.8 Å². The van der Waals surface area contributed by atoms with Gasteiger partial charge >= 0.3 is 0 Å². The predicted octanol–water partition coefficient (Wildman–Crippen LogP) is 3.44. The van der Waals surface area contributed by atoms with E-state index in [-0.39, 0.29) is 0 Å². The number of para-hydroxylation sites is 1. The number of H-pyrrole nitrogens is 1. The number of hydrogen-bond acceptors (Lipinski definition) is 0. The maximum atomic E-state index is 3.53. The van der Waals surface area contributed by atoms with Crippen molar-refractivity contribution in [2.45, 2.75) is 19.8 Å². The van der Waals surface area contributed by atoms with Crippen molar-refractivity contribution >= 4 is 17.0 Å². The molecule has 0 bridgehead atoms. The number of rotatable bonds is 0. The highest BCUT2D eigenvalue weighted by Crippen LogP contribution is 2.29. The summed E-state index contributed by atoms with van der Waals surface area (Å²) >= 11 is 0. The van der Waals surface area contributed by atoms with Crippen molar-refractivity contribution < 1.29 is 0 Å². The molecular formula is C13H13N. The van der Waals surface area contributed by atoms with E-state index in [2.05, 4.69) is 42.3 Å². The van der Waals surface area contributed by atoms with Gasteiger partial charge in [0.1, 0.15) is 0 Å². The maximum Gasteiger partial charge on any atom is 0.0492 e. The molecule has 1 N–H and O–H groups in total. The zero-order chi connectivity index (χ0) is 9.54. The zero-order valence-electron chi connectivity index (χ0n) is 8.30. The Labute approximate surface area is 83.5 Å². The summed E-state index contributed by atoms with van der Waals surface area (Å²) in [6, 6.07) is 6.50. The molecule has 1 heterocycles. The van der Waals surface area contributed by atoms with Crippen molar-refractivity contribution in [3.05, 3.63) is 41.1 Å². The van der Waals surface area contributed by atoms with Crippen LogP contribution in [-0.4, -0.2) is 4.98 Å². The van der Waals surface area contributed by atoms with Gasteiger partial charge in [-0.1, -0.05) is 30.4 Å². The van der Waals surface area contributed by atoms with E-state index in [9.17, 15) is 0 Å². The Kier molecular flexibility index (Phi) is 1.54. The van der Waals surface area contributed by atoms with Gasteiger partial charge in [-0.2, -0.15) is 0 Å². The lowest BCUT2D eigenvalue weighted by molar-refractivity contribution is 0.950. The molecule has 0 unspecified atom stereocenters. The smallest absolute Gasteiger partial charge is 0.0492 e. The van der Waals surface area contributed by atoms with Crippen molar-refractivity contribution in [1.29, 1.82) is 0 Å². The molecule has 1 aromatic heterocycles. The number of nitrogens with one attached hydrogen (secondary N) is 1. The van der Waals surface area contributed by atoms with Gasteiger partial charge in [-0.3, -0.25) is 0 Å². The molecule has 3 rings (SSSR count). The molecular weight excluding hydrogens is 170 g/mol. The van der Waals surface area contributed by atoms with Gasteiger partial charge in [-0.05, 0) is 25.3 Å². The monoisotopic (exact) mass is 183 g/mol. The van der Waals surface area contributed by atoms with Crippen molar-refractivity contribution in [2.75, 3.05) is 0 Å². The molecule has 0 atom stereocenters. The first-order chi connectivity index (χ1) is 6.86. The van der Waals surface area contributed by atoms with Gasteiger partial charge in [0.2, 0.25) is 0 Å². The molecule has 70 valence electrons. The highest BCUT2D eigenvalue weighted by atomic mass is 14.7. The van der Waals surface area contributed by atoms with E-state index in [0.717, 1.165) is 6.42 Å². The first kappa shape index (κ1) is 7.86. The summed E-state index contributed by atoms with van der Waals surface area (Å²) in [5, 5.41) is 1.37. The SMILES string of the molecule is Cc1cccc2c3c([nH]c12)CCC=C3. The Morgan fingerprint density at radius 2 is 2.21 bits per heavy atom. The van der Waals surface area contributed by atoms with Crippen LogP contribution < -0.4 is 0 Å². The molecule has 1 aliphatic carbocycles. The predicted molar refractivity (Wildman–Crippen MR) is 60.4 cm³/mol. The number of hydrogen-bond donors (Lipinski definition) is 1. The third kappa shape index (κ3) is 0.955. The fourth-order valence-electron chi connectivity index (χ4n) is 2.26. The number of aryl methyl sites for hydroxylation is 2. The Balaban J connectivity index is 2.43. The first-order valence-corrected chi connectivity index (χ1v) is 5.13. The largest absolute Gasteiger partial charge is 0.358 e. The molecule has 0 aliphatic heterocycles. The summed E-state index contributed by atoms with van der Waals surface area (Å²) in [5.74, 6) is 0. The lowest BCUT2D eigenvalue weighted by Gasteiger charge is -2.03. The summed E-state index contributed by atoms with van der Waals surface area (Å²) in [7, 11) is 0. The van der Waals surface area contributed by atoms with E-state index in [1.54, 1.807) is 0 Å². The van der Waals surface area contributed by atoms with Gasteiger partial charge in [0.25, 0.3) is 0 Å². The Morgan fingerprint density at radius 1 is 1.29 bits per heavy atom. The van der Waals surface area contributed by atoms with Crippen LogP contribution in [0, 0.1) is 6.92 Å². The van der Waals surface area contributed by atoms with E-state index >= 15 is 0 Å². The van der Waals surface area contributed by atoms with E-state index in [4.69, 9.17) is 0 Å². The summed E-state index contributed by atoms with van der Waals surface area (Å²) in [5.41, 5.74) is 5.45. The Hall–Kier alpha value is -1.50. The molecule has 0 saturated heterocycles. The molecule has 1 heteroatoms. The normalized spacial score (nSPS) is 14.6. The molecule has 0 fully saturated rings. The lowest BCUT2D eigenvalue weighted by Crippen LogP contribution is -1.90. The van der Waals surface area contributed by atoms with Gasteiger partial charge in [0, 0.05) is 22.2 Å². The van der Waals surface area contributed by atoms with Crippen LogP contribution in [0.1, 0.15) is 23.2 Å². The van der Waals surface area contributed by atoms with Crippen molar-refractivity contribution in [3.8, 4) is 0 Å². The molecule has 0 spiro atoms. The van der Waals surface area contributed by atoms with Crippen LogP contribution in [0.15, 0.2) is 24.3 Å². The fraction of sp³-hybridized carbons (Fsp3) is 0.231. The van der Waals surface area contributed by atoms with Gasteiger partial charge in [-0.15, -0.1) is 0 Å². The van der Waals surface area contributed by atoms with Crippen LogP contribution in [0.25, 0.3) is 17.0 Å². The van der Waals surface area contributed by atoms with Gasteiger partial charge in [0.15, 0.2) is 0 Å². The summed E-state index contributed by atoms with van der Waals surface area (Å²) in [6.45, 7) is 2.16. The number of fused-ring (bicyclic) bond motifs is 3. The molecule has 1 aromatic carbocycles. The third-order valence-corrected chi connectivity index (χ3v) is 3.01. The minimum atomic E-state index is 1.15. The highest BCUT2D eigenvalue weighted by molar-refractivity contribution is 5.92. The maximum absolute atomic E-state index is 3.53. The van der Waals surface area contributed by atoms with E-state index in [1.807, 2.05) is 0 Å². The van der Waals surface area contributed by atoms with Crippen LogP contribution in [-0.2, 0) is 6.42 Å². The number of allylic oxidation sites excluding steroid dienone is 1. The van der Waals surface area contributed by atoms with Crippen LogP contribution >= 0.6 is 0 Å².